The molecular formula is C18H14FNO. The fraction of sp³-hybridized carbons (Fsp3) is 0.111. The molecule has 2 nitrogen and oxygen atoms in total. The smallest absolute Gasteiger partial charge is 0.193 e. The van der Waals surface area contributed by atoms with Crippen LogP contribution in [0.1, 0.15) is 27.2 Å². The first-order valence-electron chi connectivity index (χ1n) is 6.73. The fourth-order valence-corrected chi connectivity index (χ4v) is 2.27. The zero-order chi connectivity index (χ0) is 15.0. The quantitative estimate of drug-likeness (QED) is 0.657. The molecule has 104 valence electrons. The van der Waals surface area contributed by atoms with Crippen molar-refractivity contribution in [3.8, 4) is 0 Å². The lowest BCUT2D eigenvalue weighted by Crippen LogP contribution is -2.02. The Morgan fingerprint density at radius 3 is 2.43 bits per heavy atom. The molecule has 3 aromatic rings. The van der Waals surface area contributed by atoms with Crippen LogP contribution in [0, 0.1) is 19.7 Å². The van der Waals surface area contributed by atoms with Gasteiger partial charge in [-0.15, -0.1) is 0 Å². The van der Waals surface area contributed by atoms with Crippen molar-refractivity contribution in [1.82, 2.24) is 4.98 Å². The normalized spacial score (nSPS) is 10.8. The van der Waals surface area contributed by atoms with Crippen LogP contribution in [0.5, 0.6) is 0 Å². The number of carbonyl (C=O) groups excluding carboxylic acids is 1. The maximum atomic E-state index is 13.6. The standard InChI is InChI=1S/C18H14FNO/c1-11-3-5-15(10-16(11)19)18(21)14-7-8-17-13(9-14)6-4-12(2)20-17/h3-10H,1-2H3. The van der Waals surface area contributed by atoms with Crippen LogP contribution in [0.25, 0.3) is 10.9 Å². The van der Waals surface area contributed by atoms with Crippen molar-refractivity contribution >= 4 is 16.7 Å². The summed E-state index contributed by atoms with van der Waals surface area (Å²) in [5.74, 6) is -0.546. The molecule has 2 aromatic carbocycles. The zero-order valence-corrected chi connectivity index (χ0v) is 11.9. The van der Waals surface area contributed by atoms with Gasteiger partial charge in [-0.2, -0.15) is 0 Å². The number of ketones is 1. The van der Waals surface area contributed by atoms with Crippen molar-refractivity contribution in [2.24, 2.45) is 0 Å². The summed E-state index contributed by atoms with van der Waals surface area (Å²) in [5, 5.41) is 0.902. The van der Waals surface area contributed by atoms with Crippen LogP contribution < -0.4 is 0 Å². The number of hydrogen-bond donors (Lipinski definition) is 0. The van der Waals surface area contributed by atoms with E-state index in [4.69, 9.17) is 0 Å². The number of carbonyl (C=O) groups is 1. The van der Waals surface area contributed by atoms with Gasteiger partial charge in [0, 0.05) is 22.2 Å². The predicted molar refractivity (Wildman–Crippen MR) is 81.0 cm³/mol. The number of benzene rings is 2. The van der Waals surface area contributed by atoms with E-state index in [0.717, 1.165) is 16.6 Å². The number of rotatable bonds is 2. The molecule has 0 amide bonds. The van der Waals surface area contributed by atoms with Crippen LogP contribution in [-0.4, -0.2) is 10.8 Å². The first-order chi connectivity index (χ1) is 10.0. The second-order valence-corrected chi connectivity index (χ2v) is 5.15. The van der Waals surface area contributed by atoms with Crippen LogP contribution in [-0.2, 0) is 0 Å². The van der Waals surface area contributed by atoms with Crippen molar-refractivity contribution in [1.29, 1.82) is 0 Å². The van der Waals surface area contributed by atoms with E-state index in [1.807, 2.05) is 25.1 Å². The van der Waals surface area contributed by atoms with Gasteiger partial charge in [-0.3, -0.25) is 9.78 Å². The number of fused-ring (bicyclic) bond motifs is 1. The molecular weight excluding hydrogens is 265 g/mol. The van der Waals surface area contributed by atoms with Crippen LogP contribution in [0.2, 0.25) is 0 Å². The van der Waals surface area contributed by atoms with Gasteiger partial charge < -0.3 is 0 Å². The summed E-state index contributed by atoms with van der Waals surface area (Å²) in [4.78, 5) is 16.8. The Bertz CT molecular complexity index is 855. The third-order valence-corrected chi connectivity index (χ3v) is 3.52. The van der Waals surface area contributed by atoms with E-state index in [2.05, 4.69) is 4.98 Å². The average Bonchev–Trinajstić information content (AvgIpc) is 2.49. The molecule has 1 heterocycles. The van der Waals surface area contributed by atoms with Crippen molar-refractivity contribution < 1.29 is 9.18 Å². The molecule has 0 aliphatic heterocycles. The molecule has 3 rings (SSSR count). The summed E-state index contributed by atoms with van der Waals surface area (Å²) in [7, 11) is 0. The van der Waals surface area contributed by atoms with E-state index < -0.39 is 0 Å². The lowest BCUT2D eigenvalue weighted by atomic mass is 10.0. The highest BCUT2D eigenvalue weighted by atomic mass is 19.1. The predicted octanol–water partition coefficient (Wildman–Crippen LogP) is 4.22. The first-order valence-corrected chi connectivity index (χ1v) is 6.73. The topological polar surface area (TPSA) is 30.0 Å². The summed E-state index contributed by atoms with van der Waals surface area (Å²) in [6.07, 6.45) is 0. The Morgan fingerprint density at radius 1 is 0.952 bits per heavy atom. The number of halogens is 1. The molecule has 3 heteroatoms. The summed E-state index contributed by atoms with van der Waals surface area (Å²) in [5.41, 5.74) is 3.21. The second-order valence-electron chi connectivity index (χ2n) is 5.15. The van der Waals surface area contributed by atoms with Crippen LogP contribution in [0.4, 0.5) is 4.39 Å². The molecule has 0 saturated carbocycles. The molecule has 21 heavy (non-hydrogen) atoms. The van der Waals surface area contributed by atoms with Crippen LogP contribution >= 0.6 is 0 Å². The third kappa shape index (κ3) is 2.55. The number of hydrogen-bond acceptors (Lipinski definition) is 2. The molecule has 1 aromatic heterocycles. The van der Waals surface area contributed by atoms with Gasteiger partial charge >= 0.3 is 0 Å². The summed E-state index contributed by atoms with van der Waals surface area (Å²) in [6, 6.07) is 13.7. The maximum absolute atomic E-state index is 13.6. The van der Waals surface area contributed by atoms with Gasteiger partial charge in [-0.25, -0.2) is 4.39 Å². The molecule has 0 aliphatic rings. The van der Waals surface area contributed by atoms with E-state index in [1.165, 1.54) is 6.07 Å². The minimum atomic E-state index is -0.362. The highest BCUT2D eigenvalue weighted by Gasteiger charge is 2.11. The summed E-state index contributed by atoms with van der Waals surface area (Å²) >= 11 is 0. The van der Waals surface area contributed by atoms with Gasteiger partial charge in [0.25, 0.3) is 0 Å². The molecule has 0 saturated heterocycles. The van der Waals surface area contributed by atoms with Crippen LogP contribution in [0.3, 0.4) is 0 Å². The highest BCUT2D eigenvalue weighted by Crippen LogP contribution is 2.18. The average molecular weight is 279 g/mol. The SMILES string of the molecule is Cc1ccc2cc(C(=O)c3ccc(C)c(F)c3)ccc2n1. The van der Waals surface area contributed by atoms with Gasteiger partial charge in [0.2, 0.25) is 0 Å². The monoisotopic (exact) mass is 279 g/mol. The Morgan fingerprint density at radius 2 is 1.67 bits per heavy atom. The van der Waals surface area contributed by atoms with Gasteiger partial charge in [-0.05, 0) is 49.7 Å². The summed E-state index contributed by atoms with van der Waals surface area (Å²) < 4.78 is 13.6. The maximum Gasteiger partial charge on any atom is 0.193 e. The molecule has 0 unspecified atom stereocenters. The van der Waals surface area contributed by atoms with Gasteiger partial charge in [0.05, 0.1) is 5.52 Å². The third-order valence-electron chi connectivity index (χ3n) is 3.52. The first kappa shape index (κ1) is 13.4. The van der Waals surface area contributed by atoms with E-state index in [0.29, 0.717) is 16.7 Å². The Balaban J connectivity index is 2.04. The van der Waals surface area contributed by atoms with Crippen LogP contribution in [0.15, 0.2) is 48.5 Å². The Labute approximate surface area is 122 Å². The van der Waals surface area contributed by atoms with E-state index in [9.17, 15) is 9.18 Å². The number of nitrogens with zero attached hydrogens (tertiary/aromatic N) is 1. The number of aryl methyl sites for hydroxylation is 2. The van der Waals surface area contributed by atoms with E-state index in [-0.39, 0.29) is 11.6 Å². The fourth-order valence-electron chi connectivity index (χ4n) is 2.27. The van der Waals surface area contributed by atoms with Gasteiger partial charge in [0.15, 0.2) is 5.78 Å². The van der Waals surface area contributed by atoms with Crippen molar-refractivity contribution in [2.45, 2.75) is 13.8 Å². The Hall–Kier alpha value is -2.55. The lowest BCUT2D eigenvalue weighted by molar-refractivity contribution is 0.103. The van der Waals surface area contributed by atoms with E-state index >= 15 is 0 Å². The zero-order valence-electron chi connectivity index (χ0n) is 11.9. The van der Waals surface area contributed by atoms with Crippen molar-refractivity contribution in [3.63, 3.8) is 0 Å². The molecule has 0 radical (unpaired) electrons. The molecule has 0 aliphatic carbocycles. The largest absolute Gasteiger partial charge is 0.289 e. The molecule has 0 atom stereocenters. The highest BCUT2D eigenvalue weighted by molar-refractivity contribution is 6.10. The van der Waals surface area contributed by atoms with Crippen molar-refractivity contribution in [2.75, 3.05) is 0 Å². The minimum absolute atomic E-state index is 0.184. The molecule has 0 fully saturated rings. The molecule has 0 N–H and O–H groups in total. The second kappa shape index (κ2) is 5.09. The number of aromatic nitrogens is 1. The number of pyridine rings is 1. The van der Waals surface area contributed by atoms with Gasteiger partial charge in [-0.1, -0.05) is 18.2 Å². The van der Waals surface area contributed by atoms with E-state index in [1.54, 1.807) is 31.2 Å². The van der Waals surface area contributed by atoms with Crippen molar-refractivity contribution in [3.05, 3.63) is 76.7 Å². The lowest BCUT2D eigenvalue weighted by Gasteiger charge is -2.05. The molecule has 0 bridgehead atoms. The minimum Gasteiger partial charge on any atom is -0.289 e. The molecule has 0 spiro atoms. The van der Waals surface area contributed by atoms with Gasteiger partial charge in [0.1, 0.15) is 5.82 Å². The Kier molecular flexibility index (Phi) is 3.26. The summed E-state index contributed by atoms with van der Waals surface area (Å²) in [6.45, 7) is 3.60.